The van der Waals surface area contributed by atoms with Gasteiger partial charge in [-0.25, -0.2) is 13.2 Å². The van der Waals surface area contributed by atoms with Crippen LogP contribution in [0.4, 0.5) is 10.5 Å². The van der Waals surface area contributed by atoms with Crippen LogP contribution in [0.2, 0.25) is 5.02 Å². The second kappa shape index (κ2) is 8.15. The molecule has 2 saturated carbocycles. The van der Waals surface area contributed by atoms with E-state index in [-0.39, 0.29) is 5.25 Å². The number of carbonyl (C=O) groups is 1. The number of rotatable bonds is 4. The van der Waals surface area contributed by atoms with Gasteiger partial charge in [0, 0.05) is 18.8 Å². The first kappa shape index (κ1) is 22.2. The molecule has 1 spiro atoms. The van der Waals surface area contributed by atoms with Crippen LogP contribution in [0.3, 0.4) is 0 Å². The monoisotopic (exact) mass is 467 g/mol. The lowest BCUT2D eigenvalue weighted by Crippen LogP contribution is -2.66. The summed E-state index contributed by atoms with van der Waals surface area (Å²) >= 11 is 6.31. The van der Waals surface area contributed by atoms with E-state index in [1.54, 1.807) is 12.1 Å². The number of nitriles is 1. The third-order valence-corrected chi connectivity index (χ3v) is 9.25. The van der Waals surface area contributed by atoms with Gasteiger partial charge >= 0.3 is 6.09 Å². The molecule has 10 heteroatoms. The van der Waals surface area contributed by atoms with Gasteiger partial charge in [-0.3, -0.25) is 0 Å². The first-order chi connectivity index (χ1) is 14.7. The molecular formula is C21H26ClN3O5S. The number of hydrogen-bond donors (Lipinski definition) is 2. The SMILES string of the molecule is N#CC1(NC(=O)O)CC1.O=S(=O)(c1ccc(N2CC3(COC3)C2)cc1Cl)C1CCCC1. The van der Waals surface area contributed by atoms with Gasteiger partial charge in [-0.2, -0.15) is 5.26 Å². The second-order valence-electron chi connectivity index (χ2n) is 9.04. The quantitative estimate of drug-likeness (QED) is 0.697. The van der Waals surface area contributed by atoms with Crippen molar-refractivity contribution in [2.45, 2.75) is 54.2 Å². The number of anilines is 1. The van der Waals surface area contributed by atoms with Crippen molar-refractivity contribution in [3.05, 3.63) is 23.2 Å². The minimum absolute atomic E-state index is 0.254. The largest absolute Gasteiger partial charge is 0.465 e. The minimum atomic E-state index is -3.29. The fourth-order valence-corrected chi connectivity index (χ4v) is 6.81. The number of ether oxygens (including phenoxy) is 1. The summed E-state index contributed by atoms with van der Waals surface area (Å²) in [5.74, 6) is 0. The molecule has 4 aliphatic rings. The van der Waals surface area contributed by atoms with E-state index in [9.17, 15) is 13.2 Å². The molecule has 0 bridgehead atoms. The molecule has 31 heavy (non-hydrogen) atoms. The van der Waals surface area contributed by atoms with Crippen LogP contribution in [0.1, 0.15) is 38.5 Å². The van der Waals surface area contributed by atoms with Gasteiger partial charge in [0.1, 0.15) is 5.54 Å². The zero-order valence-electron chi connectivity index (χ0n) is 17.1. The predicted octanol–water partition coefficient (Wildman–Crippen LogP) is 3.20. The van der Waals surface area contributed by atoms with Crippen LogP contribution in [0.5, 0.6) is 0 Å². The molecule has 0 aromatic heterocycles. The molecule has 2 heterocycles. The molecule has 0 unspecified atom stereocenters. The Balaban J connectivity index is 0.000000217. The highest BCUT2D eigenvalue weighted by Crippen LogP contribution is 2.42. The maximum atomic E-state index is 12.7. The number of nitrogens with one attached hydrogen (secondary N) is 1. The number of nitrogens with zero attached hydrogens (tertiary/aromatic N) is 2. The zero-order chi connectivity index (χ0) is 22.3. The zero-order valence-corrected chi connectivity index (χ0v) is 18.7. The number of halogens is 1. The molecule has 168 valence electrons. The van der Waals surface area contributed by atoms with Crippen LogP contribution >= 0.6 is 11.6 Å². The molecular weight excluding hydrogens is 442 g/mol. The lowest BCUT2D eigenvalue weighted by molar-refractivity contribution is -0.127. The third-order valence-electron chi connectivity index (χ3n) is 6.51. The van der Waals surface area contributed by atoms with Gasteiger partial charge in [-0.15, -0.1) is 0 Å². The van der Waals surface area contributed by atoms with Gasteiger partial charge in [-0.1, -0.05) is 24.4 Å². The Morgan fingerprint density at radius 3 is 2.32 bits per heavy atom. The Hall–Kier alpha value is -2.02. The number of carboxylic acid groups (broad SMARTS) is 1. The van der Waals surface area contributed by atoms with E-state index in [1.165, 1.54) is 0 Å². The van der Waals surface area contributed by atoms with E-state index < -0.39 is 21.5 Å². The second-order valence-corrected chi connectivity index (χ2v) is 11.6. The molecule has 0 radical (unpaired) electrons. The van der Waals surface area contributed by atoms with Crippen molar-refractivity contribution < 1.29 is 23.1 Å². The summed E-state index contributed by atoms with van der Waals surface area (Å²) < 4.78 is 30.6. The third kappa shape index (κ3) is 4.47. The van der Waals surface area contributed by atoms with Gasteiger partial charge in [0.15, 0.2) is 9.84 Å². The Kier molecular flexibility index (Phi) is 5.83. The molecule has 1 amide bonds. The Morgan fingerprint density at radius 2 is 1.90 bits per heavy atom. The van der Waals surface area contributed by atoms with Gasteiger partial charge in [-0.05, 0) is 43.9 Å². The lowest BCUT2D eigenvalue weighted by Gasteiger charge is -2.56. The maximum Gasteiger partial charge on any atom is 0.405 e. The number of sulfone groups is 1. The molecule has 8 nitrogen and oxygen atoms in total. The van der Waals surface area contributed by atoms with Crippen molar-refractivity contribution >= 4 is 33.2 Å². The van der Waals surface area contributed by atoms with E-state index in [0.29, 0.717) is 28.2 Å². The molecule has 2 aliphatic heterocycles. The minimum Gasteiger partial charge on any atom is -0.465 e. The topological polar surface area (TPSA) is 120 Å². The van der Waals surface area contributed by atoms with Crippen molar-refractivity contribution in [2.75, 3.05) is 31.2 Å². The van der Waals surface area contributed by atoms with E-state index in [1.807, 2.05) is 12.1 Å². The summed E-state index contributed by atoms with van der Waals surface area (Å²) in [6, 6.07) is 7.27. The van der Waals surface area contributed by atoms with Crippen molar-refractivity contribution in [3.63, 3.8) is 0 Å². The molecule has 2 aliphatic carbocycles. The van der Waals surface area contributed by atoms with E-state index in [4.69, 9.17) is 26.7 Å². The summed E-state index contributed by atoms with van der Waals surface area (Å²) in [5.41, 5.74) is 0.611. The van der Waals surface area contributed by atoms with Crippen LogP contribution in [0, 0.1) is 16.7 Å². The Morgan fingerprint density at radius 1 is 1.26 bits per heavy atom. The van der Waals surface area contributed by atoms with Crippen LogP contribution in [0.15, 0.2) is 23.1 Å². The summed E-state index contributed by atoms with van der Waals surface area (Å²) in [5, 5.41) is 18.7. The Labute approximate surface area is 187 Å². The highest BCUT2D eigenvalue weighted by Gasteiger charge is 2.49. The summed E-state index contributed by atoms with van der Waals surface area (Å²) in [6.45, 7) is 3.62. The van der Waals surface area contributed by atoms with Gasteiger partial charge in [0.2, 0.25) is 0 Å². The molecule has 0 atom stereocenters. The molecule has 2 saturated heterocycles. The van der Waals surface area contributed by atoms with Crippen LogP contribution in [-0.2, 0) is 14.6 Å². The molecule has 2 N–H and O–H groups in total. The molecule has 4 fully saturated rings. The maximum absolute atomic E-state index is 12.7. The average molecular weight is 468 g/mol. The van der Waals surface area contributed by atoms with Crippen molar-refractivity contribution in [1.82, 2.24) is 5.32 Å². The molecule has 1 aromatic rings. The highest BCUT2D eigenvalue weighted by molar-refractivity contribution is 7.92. The summed E-state index contributed by atoms with van der Waals surface area (Å²) in [6.07, 6.45) is 3.69. The van der Waals surface area contributed by atoms with Gasteiger partial charge < -0.3 is 20.1 Å². The van der Waals surface area contributed by atoms with E-state index in [0.717, 1.165) is 57.7 Å². The van der Waals surface area contributed by atoms with Crippen molar-refractivity contribution in [1.29, 1.82) is 5.26 Å². The summed E-state index contributed by atoms with van der Waals surface area (Å²) in [4.78, 5) is 12.5. The average Bonchev–Trinajstić information content (AvgIpc) is 3.18. The normalized spacial score (nSPS) is 23.0. The fraction of sp³-hybridized carbons (Fsp3) is 0.619. The Bertz CT molecular complexity index is 1000. The fourth-order valence-electron chi connectivity index (χ4n) is 4.41. The number of benzene rings is 1. The first-order valence-corrected chi connectivity index (χ1v) is 12.4. The van der Waals surface area contributed by atoms with Crippen molar-refractivity contribution in [2.24, 2.45) is 5.41 Å². The van der Waals surface area contributed by atoms with E-state index >= 15 is 0 Å². The highest BCUT2D eigenvalue weighted by atomic mass is 35.5. The number of amides is 1. The van der Waals surface area contributed by atoms with Gasteiger partial charge in [0.05, 0.1) is 39.9 Å². The molecule has 5 rings (SSSR count). The van der Waals surface area contributed by atoms with Gasteiger partial charge in [0.25, 0.3) is 0 Å². The molecule has 1 aromatic carbocycles. The van der Waals surface area contributed by atoms with Crippen LogP contribution in [0.25, 0.3) is 0 Å². The predicted molar refractivity (Wildman–Crippen MR) is 115 cm³/mol. The lowest BCUT2D eigenvalue weighted by atomic mass is 9.78. The van der Waals surface area contributed by atoms with Crippen LogP contribution in [-0.4, -0.2) is 56.7 Å². The standard InChI is InChI=1S/C16H20ClNO3S.C5H6N2O2/c17-14-7-12(18-8-16(9-18)10-21-11-16)5-6-15(14)22(19,20)13-3-1-2-4-13;6-3-5(1-2-5)7-4(8)9/h5-7,13H,1-4,8-11H2;7H,1-2H2,(H,8,9). The summed E-state index contributed by atoms with van der Waals surface area (Å²) in [7, 11) is -3.29. The van der Waals surface area contributed by atoms with Crippen molar-refractivity contribution in [3.8, 4) is 6.07 Å². The first-order valence-electron chi connectivity index (χ1n) is 10.5. The van der Waals surface area contributed by atoms with Crippen LogP contribution < -0.4 is 10.2 Å². The van der Waals surface area contributed by atoms with E-state index in [2.05, 4.69) is 10.2 Å². The smallest absolute Gasteiger partial charge is 0.405 e. The number of hydrogen-bond acceptors (Lipinski definition) is 6.